The average molecular weight is 258 g/mol. The van der Waals surface area contributed by atoms with Crippen LogP contribution in [0.25, 0.3) is 0 Å². The fourth-order valence-corrected chi connectivity index (χ4v) is 1.95. The summed E-state index contributed by atoms with van der Waals surface area (Å²) in [5.74, 6) is -0.338. The highest BCUT2D eigenvalue weighted by Gasteiger charge is 2.16. The third kappa shape index (κ3) is 3.02. The normalized spacial score (nSPS) is 10.6. The van der Waals surface area contributed by atoms with Crippen LogP contribution in [0.3, 0.4) is 0 Å². The molecule has 2 aromatic rings. The van der Waals surface area contributed by atoms with Crippen molar-refractivity contribution < 1.29 is 9.59 Å². The smallest absolute Gasteiger partial charge is 0.186 e. The molecule has 0 radical (unpaired) electrons. The van der Waals surface area contributed by atoms with Crippen LogP contribution in [-0.4, -0.2) is 21.5 Å². The molecule has 0 saturated heterocycles. The van der Waals surface area contributed by atoms with Gasteiger partial charge in [0, 0.05) is 11.4 Å². The summed E-state index contributed by atoms with van der Waals surface area (Å²) in [6, 6.07) is 7.23. The van der Waals surface area contributed by atoms with Crippen molar-refractivity contribution in [3.05, 3.63) is 47.0 Å². The second-order valence-electron chi connectivity index (χ2n) is 4.52. The Labute approximate surface area is 112 Å². The number of rotatable bonds is 6. The van der Waals surface area contributed by atoms with Crippen LogP contribution in [0.4, 0.5) is 0 Å². The summed E-state index contributed by atoms with van der Waals surface area (Å²) in [5, 5.41) is 0. The molecule has 0 spiro atoms. The number of carbonyl (C=O) groups is 2. The van der Waals surface area contributed by atoms with Crippen molar-refractivity contribution in [2.24, 2.45) is 0 Å². The van der Waals surface area contributed by atoms with Crippen molar-refractivity contribution in [1.82, 2.24) is 9.97 Å². The number of ketones is 2. The highest BCUT2D eigenvalue weighted by Crippen LogP contribution is 2.10. The first-order chi connectivity index (χ1) is 9.13. The van der Waals surface area contributed by atoms with Crippen LogP contribution in [0.15, 0.2) is 24.3 Å². The summed E-state index contributed by atoms with van der Waals surface area (Å²) in [5.41, 5.74) is 3.02. The Kier molecular flexibility index (Phi) is 4.00. The fourth-order valence-electron chi connectivity index (χ4n) is 1.95. The second kappa shape index (κ2) is 5.69. The van der Waals surface area contributed by atoms with Gasteiger partial charge in [0.15, 0.2) is 11.6 Å². The first-order valence-electron chi connectivity index (χ1n) is 6.56. The van der Waals surface area contributed by atoms with Crippen molar-refractivity contribution in [2.45, 2.75) is 33.1 Å². The van der Waals surface area contributed by atoms with Gasteiger partial charge in [-0.1, -0.05) is 13.8 Å². The van der Waals surface area contributed by atoms with Gasteiger partial charge in [0.25, 0.3) is 0 Å². The minimum atomic E-state index is -0.169. The van der Waals surface area contributed by atoms with E-state index in [4.69, 9.17) is 0 Å². The van der Waals surface area contributed by atoms with Crippen LogP contribution in [0, 0.1) is 0 Å². The van der Waals surface area contributed by atoms with Crippen molar-refractivity contribution in [1.29, 1.82) is 0 Å². The van der Waals surface area contributed by atoms with Crippen molar-refractivity contribution in [3.63, 3.8) is 0 Å². The van der Waals surface area contributed by atoms with Crippen LogP contribution < -0.4 is 0 Å². The van der Waals surface area contributed by atoms with Crippen LogP contribution in [0.2, 0.25) is 0 Å². The predicted octanol–water partition coefficient (Wildman–Crippen LogP) is 2.92. The van der Waals surface area contributed by atoms with Crippen molar-refractivity contribution >= 4 is 11.6 Å². The Morgan fingerprint density at radius 1 is 0.842 bits per heavy atom. The molecular weight excluding hydrogens is 240 g/mol. The molecule has 0 aliphatic heterocycles. The highest BCUT2D eigenvalue weighted by molar-refractivity contribution is 6.12. The summed E-state index contributed by atoms with van der Waals surface area (Å²) in [6.45, 7) is 4.02. The molecular formula is C15H18N2O2. The van der Waals surface area contributed by atoms with E-state index in [-0.39, 0.29) is 18.0 Å². The molecule has 100 valence electrons. The van der Waals surface area contributed by atoms with Gasteiger partial charge in [-0.15, -0.1) is 0 Å². The number of hydrogen-bond donors (Lipinski definition) is 2. The number of aromatic nitrogens is 2. The Bertz CT molecular complexity index is 541. The van der Waals surface area contributed by atoms with Gasteiger partial charge in [-0.05, 0) is 37.1 Å². The summed E-state index contributed by atoms with van der Waals surface area (Å²) in [4.78, 5) is 30.0. The maximum atomic E-state index is 12.0. The molecule has 4 heteroatoms. The van der Waals surface area contributed by atoms with E-state index >= 15 is 0 Å². The molecule has 2 aromatic heterocycles. The van der Waals surface area contributed by atoms with Gasteiger partial charge in [0.2, 0.25) is 0 Å². The molecule has 2 heterocycles. The summed E-state index contributed by atoms with van der Waals surface area (Å²) in [6.07, 6.45) is 1.59. The van der Waals surface area contributed by atoms with E-state index in [9.17, 15) is 9.59 Å². The van der Waals surface area contributed by atoms with Gasteiger partial charge in [0.05, 0.1) is 17.8 Å². The number of Topliss-reactive ketones (excluding diaryl/α,β-unsaturated/α-hetero) is 2. The molecule has 0 bridgehead atoms. The molecule has 0 amide bonds. The van der Waals surface area contributed by atoms with Gasteiger partial charge < -0.3 is 9.97 Å². The van der Waals surface area contributed by atoms with Crippen LogP contribution in [0.1, 0.15) is 52.6 Å². The Morgan fingerprint density at radius 2 is 1.26 bits per heavy atom. The summed E-state index contributed by atoms with van der Waals surface area (Å²) in [7, 11) is 0. The molecule has 0 unspecified atom stereocenters. The topological polar surface area (TPSA) is 65.7 Å². The molecule has 0 aromatic carbocycles. The molecule has 19 heavy (non-hydrogen) atoms. The fraction of sp³-hybridized carbons (Fsp3) is 0.333. The van der Waals surface area contributed by atoms with E-state index in [0.717, 1.165) is 24.2 Å². The minimum Gasteiger partial charge on any atom is -0.356 e. The van der Waals surface area contributed by atoms with Crippen LogP contribution in [0.5, 0.6) is 0 Å². The maximum absolute atomic E-state index is 12.0. The lowest BCUT2D eigenvalue weighted by molar-refractivity contribution is 0.0889. The zero-order valence-electron chi connectivity index (χ0n) is 11.2. The van der Waals surface area contributed by atoms with Gasteiger partial charge in [-0.3, -0.25) is 9.59 Å². The third-order valence-corrected chi connectivity index (χ3v) is 3.18. The number of aryl methyl sites for hydroxylation is 2. The first kappa shape index (κ1) is 13.3. The minimum absolute atomic E-state index is 0.104. The van der Waals surface area contributed by atoms with E-state index in [1.54, 1.807) is 12.1 Å². The Morgan fingerprint density at radius 3 is 1.58 bits per heavy atom. The van der Waals surface area contributed by atoms with Gasteiger partial charge in [-0.2, -0.15) is 0 Å². The van der Waals surface area contributed by atoms with Gasteiger partial charge in [0.1, 0.15) is 0 Å². The second-order valence-corrected chi connectivity index (χ2v) is 4.52. The molecule has 0 aliphatic rings. The predicted molar refractivity (Wildman–Crippen MR) is 73.6 cm³/mol. The highest BCUT2D eigenvalue weighted by atomic mass is 16.1. The van der Waals surface area contributed by atoms with E-state index in [2.05, 4.69) is 9.97 Å². The summed E-state index contributed by atoms with van der Waals surface area (Å²) < 4.78 is 0. The van der Waals surface area contributed by atoms with E-state index in [1.807, 2.05) is 26.0 Å². The number of hydrogen-bond acceptors (Lipinski definition) is 2. The molecule has 2 N–H and O–H groups in total. The number of carbonyl (C=O) groups excluding carboxylic acids is 2. The monoisotopic (exact) mass is 258 g/mol. The Balaban J connectivity index is 2.04. The molecule has 0 atom stereocenters. The van der Waals surface area contributed by atoms with Crippen molar-refractivity contribution in [3.8, 4) is 0 Å². The molecule has 4 nitrogen and oxygen atoms in total. The lowest BCUT2D eigenvalue weighted by Crippen LogP contribution is -2.09. The van der Waals surface area contributed by atoms with Gasteiger partial charge in [-0.25, -0.2) is 0 Å². The first-order valence-corrected chi connectivity index (χ1v) is 6.56. The lowest BCUT2D eigenvalue weighted by Gasteiger charge is -1.98. The SMILES string of the molecule is CCc1ccc(C(=O)CC(=O)c2ccc(CC)[nH]2)[nH]1. The molecule has 2 rings (SSSR count). The molecule has 0 saturated carbocycles. The lowest BCUT2D eigenvalue weighted by atomic mass is 10.1. The zero-order valence-corrected chi connectivity index (χ0v) is 11.2. The van der Waals surface area contributed by atoms with E-state index in [1.165, 1.54) is 0 Å². The van der Waals surface area contributed by atoms with Crippen LogP contribution in [-0.2, 0) is 12.8 Å². The van der Waals surface area contributed by atoms with Gasteiger partial charge >= 0.3 is 0 Å². The van der Waals surface area contributed by atoms with E-state index in [0.29, 0.717) is 11.4 Å². The zero-order chi connectivity index (χ0) is 13.8. The standard InChI is InChI=1S/C15H18N2O2/c1-3-10-5-7-12(16-10)14(18)9-15(19)13-8-6-11(4-2)17-13/h5-8,16-17H,3-4,9H2,1-2H3. The number of nitrogens with one attached hydrogen (secondary N) is 2. The average Bonchev–Trinajstić information content (AvgIpc) is 3.07. The third-order valence-electron chi connectivity index (χ3n) is 3.18. The molecule has 0 fully saturated rings. The Hall–Kier alpha value is -2.10. The van der Waals surface area contributed by atoms with Crippen molar-refractivity contribution in [2.75, 3.05) is 0 Å². The van der Waals surface area contributed by atoms with E-state index < -0.39 is 0 Å². The van der Waals surface area contributed by atoms with Crippen LogP contribution >= 0.6 is 0 Å². The largest absolute Gasteiger partial charge is 0.356 e. The summed E-state index contributed by atoms with van der Waals surface area (Å²) >= 11 is 0. The maximum Gasteiger partial charge on any atom is 0.186 e. The number of H-pyrrole nitrogens is 2. The number of aromatic amines is 2. The quantitative estimate of drug-likeness (QED) is 0.618. The molecule has 0 aliphatic carbocycles.